The summed E-state index contributed by atoms with van der Waals surface area (Å²) in [5.41, 5.74) is 4.32. The fourth-order valence-corrected chi connectivity index (χ4v) is 2.72. The molecule has 2 heteroatoms. The number of aromatic nitrogens is 1. The fraction of sp³-hybridized carbons (Fsp3) is 0.0455. The van der Waals surface area contributed by atoms with Crippen molar-refractivity contribution in [1.29, 1.82) is 0 Å². The number of hydrogen-bond acceptors (Lipinski definition) is 2. The lowest BCUT2D eigenvalue weighted by molar-refractivity contribution is 0.483. The fourth-order valence-electron chi connectivity index (χ4n) is 2.72. The predicted molar refractivity (Wildman–Crippen MR) is 98.4 cm³/mol. The number of aryl methyl sites for hydroxylation is 1. The van der Waals surface area contributed by atoms with Gasteiger partial charge in [0.25, 0.3) is 0 Å². The molecule has 0 saturated carbocycles. The minimum atomic E-state index is 0.821. The van der Waals surface area contributed by atoms with E-state index in [2.05, 4.69) is 37.3 Å². The first-order valence-corrected chi connectivity index (χ1v) is 7.99. The molecule has 3 aromatic carbocycles. The average molecular weight is 311 g/mol. The normalized spacial score (nSPS) is 10.7. The lowest BCUT2D eigenvalue weighted by atomic mass is 10.1. The molecule has 24 heavy (non-hydrogen) atoms. The van der Waals surface area contributed by atoms with Crippen LogP contribution in [-0.4, -0.2) is 4.98 Å². The zero-order valence-electron chi connectivity index (χ0n) is 13.4. The highest BCUT2D eigenvalue weighted by molar-refractivity contribution is 5.82. The lowest BCUT2D eigenvalue weighted by Gasteiger charge is -2.07. The number of hydrogen-bond donors (Lipinski definition) is 0. The molecule has 116 valence electrons. The molecule has 1 aromatic heterocycles. The summed E-state index contributed by atoms with van der Waals surface area (Å²) < 4.78 is 5.83. The molecule has 0 amide bonds. The highest BCUT2D eigenvalue weighted by atomic mass is 16.5. The SMILES string of the molecule is Cc1ccc2nc(-c3ccc(Oc4ccccc4)cc3)ccc2c1. The van der Waals surface area contributed by atoms with E-state index in [-0.39, 0.29) is 0 Å². The van der Waals surface area contributed by atoms with E-state index in [1.54, 1.807) is 0 Å². The maximum absolute atomic E-state index is 5.83. The van der Waals surface area contributed by atoms with Crippen molar-refractivity contribution in [2.75, 3.05) is 0 Å². The summed E-state index contributed by atoms with van der Waals surface area (Å²) in [6, 6.07) is 28.3. The summed E-state index contributed by atoms with van der Waals surface area (Å²) in [7, 11) is 0. The number of ether oxygens (including phenoxy) is 1. The summed E-state index contributed by atoms with van der Waals surface area (Å²) >= 11 is 0. The minimum absolute atomic E-state index is 0.821. The third kappa shape index (κ3) is 2.99. The van der Waals surface area contributed by atoms with Gasteiger partial charge in [-0.3, -0.25) is 0 Å². The van der Waals surface area contributed by atoms with Crippen LogP contribution in [0.15, 0.2) is 84.9 Å². The number of para-hydroxylation sites is 1. The Kier molecular flexibility index (Phi) is 3.72. The van der Waals surface area contributed by atoms with E-state index in [1.165, 1.54) is 10.9 Å². The highest BCUT2D eigenvalue weighted by Gasteiger charge is 2.03. The van der Waals surface area contributed by atoms with E-state index in [0.717, 1.165) is 28.3 Å². The van der Waals surface area contributed by atoms with Gasteiger partial charge in [0.15, 0.2) is 0 Å². The quantitative estimate of drug-likeness (QED) is 0.463. The molecule has 4 aromatic rings. The lowest BCUT2D eigenvalue weighted by Crippen LogP contribution is -1.87. The Morgan fingerprint density at radius 2 is 1.46 bits per heavy atom. The van der Waals surface area contributed by atoms with Crippen LogP contribution < -0.4 is 4.74 Å². The maximum atomic E-state index is 5.83. The molecule has 0 aliphatic heterocycles. The molecule has 0 radical (unpaired) electrons. The second-order valence-corrected chi connectivity index (χ2v) is 5.83. The van der Waals surface area contributed by atoms with Crippen LogP contribution in [0.25, 0.3) is 22.2 Å². The van der Waals surface area contributed by atoms with Gasteiger partial charge in [0.05, 0.1) is 11.2 Å². The number of fused-ring (bicyclic) bond motifs is 1. The molecule has 0 bridgehead atoms. The molecule has 0 fully saturated rings. The Balaban J connectivity index is 1.61. The van der Waals surface area contributed by atoms with E-state index in [9.17, 15) is 0 Å². The molecule has 0 N–H and O–H groups in total. The topological polar surface area (TPSA) is 22.1 Å². The smallest absolute Gasteiger partial charge is 0.127 e. The Labute approximate surface area is 141 Å². The van der Waals surface area contributed by atoms with Gasteiger partial charge in [-0.15, -0.1) is 0 Å². The van der Waals surface area contributed by atoms with Crippen molar-refractivity contribution in [1.82, 2.24) is 4.98 Å². The van der Waals surface area contributed by atoms with E-state index >= 15 is 0 Å². The van der Waals surface area contributed by atoms with Crippen LogP contribution in [0.4, 0.5) is 0 Å². The standard InChI is InChI=1S/C22H17NO/c1-16-7-13-22-18(15-16)10-14-21(23-22)17-8-11-20(12-9-17)24-19-5-3-2-4-6-19/h2-15H,1H3. The van der Waals surface area contributed by atoms with Crippen molar-refractivity contribution in [2.24, 2.45) is 0 Å². The average Bonchev–Trinajstić information content (AvgIpc) is 2.63. The maximum Gasteiger partial charge on any atom is 0.127 e. The number of benzene rings is 3. The van der Waals surface area contributed by atoms with Gasteiger partial charge >= 0.3 is 0 Å². The van der Waals surface area contributed by atoms with Gasteiger partial charge in [-0.2, -0.15) is 0 Å². The Bertz CT molecular complexity index is 976. The second kappa shape index (κ2) is 6.17. The molecule has 0 unspecified atom stereocenters. The van der Waals surface area contributed by atoms with Gasteiger partial charge in [-0.25, -0.2) is 4.98 Å². The molecule has 0 aliphatic carbocycles. The van der Waals surface area contributed by atoms with Crippen LogP contribution in [0.3, 0.4) is 0 Å². The molecular weight excluding hydrogens is 294 g/mol. The predicted octanol–water partition coefficient (Wildman–Crippen LogP) is 6.00. The molecule has 2 nitrogen and oxygen atoms in total. The molecule has 0 spiro atoms. The van der Waals surface area contributed by atoms with Crippen LogP contribution >= 0.6 is 0 Å². The molecule has 1 heterocycles. The molecule has 0 aliphatic rings. The second-order valence-electron chi connectivity index (χ2n) is 5.83. The summed E-state index contributed by atoms with van der Waals surface area (Å²) in [6.07, 6.45) is 0. The van der Waals surface area contributed by atoms with Crippen LogP contribution in [0, 0.1) is 6.92 Å². The largest absolute Gasteiger partial charge is 0.457 e. The first kappa shape index (κ1) is 14.5. The van der Waals surface area contributed by atoms with E-state index in [1.807, 2.05) is 54.6 Å². The summed E-state index contributed by atoms with van der Waals surface area (Å²) in [5, 5.41) is 1.17. The minimum Gasteiger partial charge on any atom is -0.457 e. The van der Waals surface area contributed by atoms with Crippen molar-refractivity contribution in [2.45, 2.75) is 6.92 Å². The third-order valence-corrected chi connectivity index (χ3v) is 3.97. The van der Waals surface area contributed by atoms with E-state index in [0.29, 0.717) is 0 Å². The van der Waals surface area contributed by atoms with Crippen LogP contribution in [0.5, 0.6) is 11.5 Å². The Morgan fingerprint density at radius 1 is 0.708 bits per heavy atom. The number of pyridine rings is 1. The van der Waals surface area contributed by atoms with Gasteiger partial charge in [0, 0.05) is 10.9 Å². The number of rotatable bonds is 3. The van der Waals surface area contributed by atoms with Crippen molar-refractivity contribution in [3.05, 3.63) is 90.5 Å². The molecule has 0 atom stereocenters. The first-order valence-electron chi connectivity index (χ1n) is 7.99. The van der Waals surface area contributed by atoms with Crippen molar-refractivity contribution in [3.8, 4) is 22.8 Å². The zero-order chi connectivity index (χ0) is 16.4. The van der Waals surface area contributed by atoms with E-state index in [4.69, 9.17) is 9.72 Å². The van der Waals surface area contributed by atoms with Gasteiger partial charge in [0.2, 0.25) is 0 Å². The van der Waals surface area contributed by atoms with Crippen molar-refractivity contribution in [3.63, 3.8) is 0 Å². The summed E-state index contributed by atoms with van der Waals surface area (Å²) in [5.74, 6) is 1.66. The van der Waals surface area contributed by atoms with Crippen molar-refractivity contribution >= 4 is 10.9 Å². The first-order chi connectivity index (χ1) is 11.8. The van der Waals surface area contributed by atoms with Gasteiger partial charge < -0.3 is 4.74 Å². The van der Waals surface area contributed by atoms with Gasteiger partial charge in [-0.1, -0.05) is 35.9 Å². The van der Waals surface area contributed by atoms with Crippen molar-refractivity contribution < 1.29 is 4.74 Å². The van der Waals surface area contributed by atoms with E-state index < -0.39 is 0 Å². The van der Waals surface area contributed by atoms with Crippen LogP contribution in [0.2, 0.25) is 0 Å². The van der Waals surface area contributed by atoms with Gasteiger partial charge in [0.1, 0.15) is 11.5 Å². The number of nitrogens with zero attached hydrogens (tertiary/aromatic N) is 1. The Hall–Kier alpha value is -3.13. The summed E-state index contributed by atoms with van der Waals surface area (Å²) in [4.78, 5) is 4.76. The Morgan fingerprint density at radius 3 is 2.25 bits per heavy atom. The highest BCUT2D eigenvalue weighted by Crippen LogP contribution is 2.26. The molecule has 4 rings (SSSR count). The molecular formula is C22H17NO. The summed E-state index contributed by atoms with van der Waals surface area (Å²) in [6.45, 7) is 2.10. The third-order valence-electron chi connectivity index (χ3n) is 3.97. The van der Waals surface area contributed by atoms with Crippen LogP contribution in [-0.2, 0) is 0 Å². The molecule has 0 saturated heterocycles. The monoisotopic (exact) mass is 311 g/mol. The van der Waals surface area contributed by atoms with Crippen LogP contribution in [0.1, 0.15) is 5.56 Å². The zero-order valence-corrected chi connectivity index (χ0v) is 13.4. The van der Waals surface area contributed by atoms with Gasteiger partial charge in [-0.05, 0) is 61.5 Å².